The van der Waals surface area contributed by atoms with E-state index < -0.39 is 22.7 Å². The Morgan fingerprint density at radius 1 is 1.17 bits per heavy atom. The number of rotatable bonds is 6. The second-order valence-corrected chi connectivity index (χ2v) is 16.9. The number of fused-ring (bicyclic) bond motifs is 1. The summed E-state index contributed by atoms with van der Waals surface area (Å²) in [7, 11) is -3.59. The fraction of sp³-hybridized carbons (Fsp3) is 0.471. The standard InChI is InChI=1S/C17H28N2O3Si2/c1-23(2,3)21-13-7-8-16-14(10-13)12(11-19-16)9-15(18)17(20)22-24(4,5)6/h7-8,10-11,15,19H,9,18H2,1-6H3. The molecular formula is C17H28N2O3Si2. The molecule has 2 rings (SSSR count). The summed E-state index contributed by atoms with van der Waals surface area (Å²) in [4.78, 5) is 15.4. The van der Waals surface area contributed by atoms with Crippen LogP contribution in [-0.4, -0.2) is 33.6 Å². The van der Waals surface area contributed by atoms with E-state index in [9.17, 15) is 4.79 Å². The molecule has 1 aromatic heterocycles. The number of hydrogen-bond donors (Lipinski definition) is 2. The monoisotopic (exact) mass is 364 g/mol. The van der Waals surface area contributed by atoms with E-state index in [1.807, 2.05) is 44.0 Å². The zero-order chi connectivity index (χ0) is 18.1. The first kappa shape index (κ1) is 18.8. The lowest BCUT2D eigenvalue weighted by Gasteiger charge is -2.20. The van der Waals surface area contributed by atoms with Crippen molar-refractivity contribution in [2.24, 2.45) is 5.73 Å². The zero-order valence-corrected chi connectivity index (χ0v) is 17.4. The van der Waals surface area contributed by atoms with Crippen molar-refractivity contribution >= 4 is 33.5 Å². The Morgan fingerprint density at radius 2 is 1.83 bits per heavy atom. The van der Waals surface area contributed by atoms with Crippen LogP contribution in [0.5, 0.6) is 5.75 Å². The zero-order valence-electron chi connectivity index (χ0n) is 15.4. The van der Waals surface area contributed by atoms with Crippen LogP contribution in [-0.2, 0) is 15.6 Å². The van der Waals surface area contributed by atoms with Gasteiger partial charge in [0, 0.05) is 23.5 Å². The highest BCUT2D eigenvalue weighted by Crippen LogP contribution is 2.26. The van der Waals surface area contributed by atoms with Crippen molar-refractivity contribution < 1.29 is 13.6 Å². The first-order chi connectivity index (χ1) is 10.9. The predicted molar refractivity (Wildman–Crippen MR) is 103 cm³/mol. The van der Waals surface area contributed by atoms with E-state index in [2.05, 4.69) is 24.6 Å². The minimum atomic E-state index is -1.93. The molecule has 1 atom stereocenters. The van der Waals surface area contributed by atoms with Crippen LogP contribution >= 0.6 is 0 Å². The van der Waals surface area contributed by atoms with Gasteiger partial charge in [-0.25, -0.2) is 0 Å². The summed E-state index contributed by atoms with van der Waals surface area (Å²) in [6.07, 6.45) is 2.35. The van der Waals surface area contributed by atoms with Crippen LogP contribution in [0.3, 0.4) is 0 Å². The molecule has 5 nitrogen and oxygen atoms in total. The molecule has 2 aromatic rings. The van der Waals surface area contributed by atoms with Crippen molar-refractivity contribution in [1.82, 2.24) is 4.98 Å². The Labute approximate surface area is 145 Å². The van der Waals surface area contributed by atoms with Crippen molar-refractivity contribution in [2.75, 3.05) is 0 Å². The molecule has 0 radical (unpaired) electrons. The van der Waals surface area contributed by atoms with Gasteiger partial charge in [0.15, 0.2) is 0 Å². The number of carbonyl (C=O) groups excluding carboxylic acids is 1. The van der Waals surface area contributed by atoms with Gasteiger partial charge in [0.05, 0.1) is 0 Å². The number of benzene rings is 1. The Balaban J connectivity index is 2.20. The van der Waals surface area contributed by atoms with E-state index in [0.29, 0.717) is 6.42 Å². The van der Waals surface area contributed by atoms with E-state index in [0.717, 1.165) is 22.2 Å². The topological polar surface area (TPSA) is 77.3 Å². The average molecular weight is 365 g/mol. The molecule has 7 heteroatoms. The number of H-pyrrole nitrogens is 1. The number of aromatic nitrogens is 1. The summed E-state index contributed by atoms with van der Waals surface area (Å²) in [6, 6.07) is 5.34. The second kappa shape index (κ2) is 6.74. The molecule has 0 bridgehead atoms. The van der Waals surface area contributed by atoms with Crippen LogP contribution in [0.1, 0.15) is 5.56 Å². The molecule has 0 aliphatic heterocycles. The summed E-state index contributed by atoms with van der Waals surface area (Å²) >= 11 is 0. The van der Waals surface area contributed by atoms with E-state index in [1.165, 1.54) is 0 Å². The summed E-state index contributed by atoms with van der Waals surface area (Å²) < 4.78 is 11.6. The summed E-state index contributed by atoms with van der Waals surface area (Å²) in [5.41, 5.74) is 8.07. The van der Waals surface area contributed by atoms with Gasteiger partial charge in [0.25, 0.3) is 0 Å². The quantitative estimate of drug-likeness (QED) is 0.767. The predicted octanol–water partition coefficient (Wildman–Crippen LogP) is 3.63. The second-order valence-electron chi connectivity index (χ2n) is 8.08. The first-order valence-electron chi connectivity index (χ1n) is 8.22. The Kier molecular flexibility index (Phi) is 5.26. The van der Waals surface area contributed by atoms with Crippen LogP contribution in [0.15, 0.2) is 24.4 Å². The van der Waals surface area contributed by atoms with Gasteiger partial charge in [0.2, 0.25) is 16.6 Å². The largest absolute Gasteiger partial charge is 0.544 e. The Morgan fingerprint density at radius 3 is 2.42 bits per heavy atom. The van der Waals surface area contributed by atoms with E-state index in [1.54, 1.807) is 0 Å². The van der Waals surface area contributed by atoms with Crippen LogP contribution in [0.25, 0.3) is 10.9 Å². The molecule has 0 aliphatic carbocycles. The van der Waals surface area contributed by atoms with Gasteiger partial charge in [-0.05, 0) is 63.0 Å². The Bertz CT molecular complexity index is 729. The molecule has 1 heterocycles. The van der Waals surface area contributed by atoms with Gasteiger partial charge < -0.3 is 19.6 Å². The average Bonchev–Trinajstić information content (AvgIpc) is 2.77. The third-order valence-electron chi connectivity index (χ3n) is 3.31. The van der Waals surface area contributed by atoms with Gasteiger partial charge in [-0.2, -0.15) is 0 Å². The van der Waals surface area contributed by atoms with Crippen LogP contribution in [0.4, 0.5) is 0 Å². The summed E-state index contributed by atoms with van der Waals surface area (Å²) in [6.45, 7) is 12.4. The number of carbonyl (C=O) groups is 1. The number of aromatic amines is 1. The summed E-state index contributed by atoms with van der Waals surface area (Å²) in [5.74, 6) is 0.541. The van der Waals surface area contributed by atoms with Crippen LogP contribution < -0.4 is 10.2 Å². The molecular weight excluding hydrogens is 336 g/mol. The third-order valence-corrected chi connectivity index (χ3v) is 4.97. The third kappa shape index (κ3) is 5.22. The maximum Gasteiger partial charge on any atom is 0.309 e. The molecule has 0 fully saturated rings. The van der Waals surface area contributed by atoms with Crippen LogP contribution in [0.2, 0.25) is 39.3 Å². The number of nitrogens with one attached hydrogen (secondary N) is 1. The van der Waals surface area contributed by atoms with Crippen molar-refractivity contribution in [3.05, 3.63) is 30.0 Å². The van der Waals surface area contributed by atoms with Gasteiger partial charge in [0.1, 0.15) is 11.8 Å². The lowest BCUT2D eigenvalue weighted by molar-refractivity contribution is -0.136. The van der Waals surface area contributed by atoms with Gasteiger partial charge >= 0.3 is 5.97 Å². The van der Waals surface area contributed by atoms with E-state index in [4.69, 9.17) is 14.6 Å². The highest BCUT2D eigenvalue weighted by Gasteiger charge is 2.25. The fourth-order valence-corrected chi connectivity index (χ4v) is 4.03. The molecule has 0 saturated carbocycles. The summed E-state index contributed by atoms with van der Waals surface area (Å²) in [5, 5.41) is 1.04. The molecule has 24 heavy (non-hydrogen) atoms. The molecule has 3 N–H and O–H groups in total. The highest BCUT2D eigenvalue weighted by molar-refractivity contribution is 6.71. The molecule has 0 amide bonds. The van der Waals surface area contributed by atoms with Gasteiger partial charge in [-0.1, -0.05) is 0 Å². The van der Waals surface area contributed by atoms with E-state index >= 15 is 0 Å². The molecule has 0 aliphatic rings. The van der Waals surface area contributed by atoms with Gasteiger partial charge in [-0.3, -0.25) is 4.79 Å². The lowest BCUT2D eigenvalue weighted by atomic mass is 10.1. The number of hydrogen-bond acceptors (Lipinski definition) is 4. The minimum Gasteiger partial charge on any atom is -0.544 e. The maximum atomic E-state index is 12.1. The SMILES string of the molecule is C[Si](C)(C)OC(=O)C(N)Cc1c[nH]c2ccc(O[Si](C)(C)C)cc12. The van der Waals surface area contributed by atoms with Crippen molar-refractivity contribution in [1.29, 1.82) is 0 Å². The smallest absolute Gasteiger partial charge is 0.309 e. The molecule has 1 aromatic carbocycles. The number of nitrogens with two attached hydrogens (primary N) is 1. The molecule has 132 valence electrons. The maximum absolute atomic E-state index is 12.1. The fourth-order valence-electron chi connectivity index (χ4n) is 2.44. The highest BCUT2D eigenvalue weighted by atomic mass is 28.4. The van der Waals surface area contributed by atoms with E-state index in [-0.39, 0.29) is 5.97 Å². The van der Waals surface area contributed by atoms with Crippen molar-refractivity contribution in [3.63, 3.8) is 0 Å². The minimum absolute atomic E-state index is 0.321. The van der Waals surface area contributed by atoms with Crippen LogP contribution in [0, 0.1) is 0 Å². The molecule has 1 unspecified atom stereocenters. The molecule has 0 spiro atoms. The lowest BCUT2D eigenvalue weighted by Crippen LogP contribution is -2.40. The van der Waals surface area contributed by atoms with Crippen molar-refractivity contribution in [2.45, 2.75) is 51.7 Å². The Hall–Kier alpha value is -1.58. The van der Waals surface area contributed by atoms with Gasteiger partial charge in [-0.15, -0.1) is 0 Å². The first-order valence-corrected chi connectivity index (χ1v) is 15.0. The van der Waals surface area contributed by atoms with Crippen molar-refractivity contribution in [3.8, 4) is 5.75 Å². The molecule has 0 saturated heterocycles. The normalized spacial score (nSPS) is 13.8.